The van der Waals surface area contributed by atoms with E-state index in [0.717, 1.165) is 38.4 Å². The van der Waals surface area contributed by atoms with Gasteiger partial charge in [0.2, 0.25) is 0 Å². The molecule has 0 bridgehead atoms. The Morgan fingerprint density at radius 3 is 3.12 bits per heavy atom. The van der Waals surface area contributed by atoms with Crippen LogP contribution in [0.5, 0.6) is 0 Å². The molecule has 0 radical (unpaired) electrons. The number of hydrogen-bond donors (Lipinski definition) is 1. The van der Waals surface area contributed by atoms with Gasteiger partial charge < -0.3 is 9.68 Å². The summed E-state index contributed by atoms with van der Waals surface area (Å²) in [7, 11) is -0.816. The van der Waals surface area contributed by atoms with E-state index in [4.69, 9.17) is 4.65 Å². The standard InChI is InChI=1S/C17H17BN4O2S/c1-3-22(17-16-15(6-7-25-16)20-11(2)21-17)19-9-12-4-5-14-13(8-12)10-24-18(14)23/h4-9,23H,3,10H2,1-2H3/b19-9+. The van der Waals surface area contributed by atoms with E-state index in [0.29, 0.717) is 13.2 Å². The molecule has 2 aromatic heterocycles. The van der Waals surface area contributed by atoms with E-state index in [1.165, 1.54) is 0 Å². The molecule has 3 heterocycles. The Hall–Kier alpha value is -2.29. The highest BCUT2D eigenvalue weighted by atomic mass is 32.1. The first-order valence-corrected chi connectivity index (χ1v) is 8.99. The van der Waals surface area contributed by atoms with Gasteiger partial charge in [0.25, 0.3) is 0 Å². The summed E-state index contributed by atoms with van der Waals surface area (Å²) in [5, 5.41) is 18.2. The molecule has 126 valence electrons. The maximum Gasteiger partial charge on any atom is 0.491 e. The van der Waals surface area contributed by atoms with Gasteiger partial charge in [-0.15, -0.1) is 11.3 Å². The molecule has 6 nitrogen and oxygen atoms in total. The lowest BCUT2D eigenvalue weighted by Gasteiger charge is -2.16. The van der Waals surface area contributed by atoms with E-state index in [2.05, 4.69) is 15.1 Å². The number of anilines is 1. The first-order valence-electron chi connectivity index (χ1n) is 8.11. The molecule has 0 spiro atoms. The number of fused-ring (bicyclic) bond motifs is 2. The van der Waals surface area contributed by atoms with Crippen molar-refractivity contribution in [2.45, 2.75) is 20.5 Å². The maximum absolute atomic E-state index is 9.71. The second kappa shape index (κ2) is 6.55. The zero-order valence-corrected chi connectivity index (χ0v) is 14.8. The second-order valence-corrected chi connectivity index (χ2v) is 6.73. The normalized spacial score (nSPS) is 13.8. The quantitative estimate of drug-likeness (QED) is 0.442. The molecule has 1 aliphatic heterocycles. The van der Waals surface area contributed by atoms with Crippen LogP contribution in [-0.4, -0.2) is 34.9 Å². The van der Waals surface area contributed by atoms with Gasteiger partial charge in [-0.3, -0.25) is 0 Å². The van der Waals surface area contributed by atoms with Gasteiger partial charge in [0.1, 0.15) is 5.82 Å². The van der Waals surface area contributed by atoms with Crippen molar-refractivity contribution in [1.82, 2.24) is 9.97 Å². The third-order valence-electron chi connectivity index (χ3n) is 4.12. The van der Waals surface area contributed by atoms with Crippen molar-refractivity contribution in [1.29, 1.82) is 0 Å². The fourth-order valence-corrected chi connectivity index (χ4v) is 3.71. The van der Waals surface area contributed by atoms with E-state index in [-0.39, 0.29) is 0 Å². The minimum atomic E-state index is -0.816. The van der Waals surface area contributed by atoms with E-state index >= 15 is 0 Å². The molecule has 0 saturated heterocycles. The Balaban J connectivity index is 1.66. The van der Waals surface area contributed by atoms with E-state index in [9.17, 15) is 5.02 Å². The third kappa shape index (κ3) is 3.04. The molecule has 3 aromatic rings. The van der Waals surface area contributed by atoms with Crippen LogP contribution in [0.3, 0.4) is 0 Å². The summed E-state index contributed by atoms with van der Waals surface area (Å²) < 4.78 is 6.27. The fraction of sp³-hybridized carbons (Fsp3) is 0.235. The van der Waals surface area contributed by atoms with Crippen LogP contribution < -0.4 is 10.5 Å². The molecule has 0 atom stereocenters. The van der Waals surface area contributed by atoms with Crippen molar-refractivity contribution in [3.63, 3.8) is 0 Å². The minimum absolute atomic E-state index is 0.427. The van der Waals surface area contributed by atoms with Crippen LogP contribution in [-0.2, 0) is 11.3 Å². The topological polar surface area (TPSA) is 70.8 Å². The Bertz CT molecular complexity index is 959. The lowest BCUT2D eigenvalue weighted by Crippen LogP contribution is -2.27. The van der Waals surface area contributed by atoms with Crippen molar-refractivity contribution in [2.24, 2.45) is 5.10 Å². The Morgan fingerprint density at radius 1 is 1.40 bits per heavy atom. The van der Waals surface area contributed by atoms with E-state index in [1.807, 2.05) is 54.7 Å². The Morgan fingerprint density at radius 2 is 2.28 bits per heavy atom. The first kappa shape index (κ1) is 16.2. The van der Waals surface area contributed by atoms with Gasteiger partial charge in [-0.1, -0.05) is 12.1 Å². The highest BCUT2D eigenvalue weighted by Gasteiger charge is 2.26. The number of thiophene rings is 1. The van der Waals surface area contributed by atoms with Crippen LogP contribution in [0.1, 0.15) is 23.9 Å². The predicted octanol–water partition coefficient (Wildman–Crippen LogP) is 2.08. The van der Waals surface area contributed by atoms with Gasteiger partial charge in [0.15, 0.2) is 5.82 Å². The summed E-state index contributed by atoms with van der Waals surface area (Å²) in [6, 6.07) is 7.81. The molecule has 1 aromatic carbocycles. The lowest BCUT2D eigenvalue weighted by atomic mass is 9.79. The zero-order valence-electron chi connectivity index (χ0n) is 14.0. The molecule has 0 saturated carbocycles. The van der Waals surface area contributed by atoms with Crippen LogP contribution in [0.4, 0.5) is 5.82 Å². The molecule has 1 N–H and O–H groups in total. The monoisotopic (exact) mass is 352 g/mol. The van der Waals surface area contributed by atoms with Crippen molar-refractivity contribution in [3.05, 3.63) is 46.6 Å². The minimum Gasteiger partial charge on any atom is -0.423 e. The van der Waals surface area contributed by atoms with Crippen molar-refractivity contribution >= 4 is 46.2 Å². The molecule has 0 fully saturated rings. The smallest absolute Gasteiger partial charge is 0.423 e. The van der Waals surface area contributed by atoms with Gasteiger partial charge in [-0.05, 0) is 47.9 Å². The van der Waals surface area contributed by atoms with Crippen molar-refractivity contribution in [2.75, 3.05) is 11.6 Å². The Kier molecular flexibility index (Phi) is 4.24. The summed E-state index contributed by atoms with van der Waals surface area (Å²) >= 11 is 1.62. The molecule has 0 unspecified atom stereocenters. The van der Waals surface area contributed by atoms with Crippen molar-refractivity contribution < 1.29 is 9.68 Å². The van der Waals surface area contributed by atoms with Crippen LogP contribution in [0.15, 0.2) is 34.7 Å². The van der Waals surface area contributed by atoms with E-state index in [1.54, 1.807) is 11.3 Å². The number of nitrogens with zero attached hydrogens (tertiary/aromatic N) is 4. The highest BCUT2D eigenvalue weighted by molar-refractivity contribution is 7.17. The highest BCUT2D eigenvalue weighted by Crippen LogP contribution is 2.28. The van der Waals surface area contributed by atoms with Crippen LogP contribution in [0.25, 0.3) is 10.2 Å². The van der Waals surface area contributed by atoms with Gasteiger partial charge in [-0.2, -0.15) is 5.10 Å². The Labute approximate surface area is 149 Å². The van der Waals surface area contributed by atoms with E-state index < -0.39 is 7.12 Å². The average molecular weight is 352 g/mol. The van der Waals surface area contributed by atoms with Gasteiger partial charge in [0.05, 0.1) is 23.0 Å². The molecule has 1 aliphatic rings. The average Bonchev–Trinajstić information content (AvgIpc) is 3.22. The largest absolute Gasteiger partial charge is 0.491 e. The van der Waals surface area contributed by atoms with Crippen LogP contribution >= 0.6 is 11.3 Å². The number of aryl methyl sites for hydroxylation is 1. The third-order valence-corrected chi connectivity index (χ3v) is 5.02. The zero-order chi connectivity index (χ0) is 17.4. The molecule has 0 aliphatic carbocycles. The number of rotatable bonds is 4. The SMILES string of the molecule is CCN(/N=C/c1ccc2c(c1)COB2O)c1nc(C)nc2ccsc12. The van der Waals surface area contributed by atoms with Gasteiger partial charge in [0, 0.05) is 6.54 Å². The first-order chi connectivity index (χ1) is 12.2. The summed E-state index contributed by atoms with van der Waals surface area (Å²) in [5.41, 5.74) is 3.74. The number of aromatic nitrogens is 2. The summed E-state index contributed by atoms with van der Waals surface area (Å²) in [4.78, 5) is 9.04. The maximum atomic E-state index is 9.71. The molecular weight excluding hydrogens is 335 g/mol. The number of benzene rings is 1. The molecule has 25 heavy (non-hydrogen) atoms. The summed E-state index contributed by atoms with van der Waals surface area (Å²) in [6.45, 7) is 5.06. The molecule has 4 rings (SSSR count). The summed E-state index contributed by atoms with van der Waals surface area (Å²) in [5.74, 6) is 1.56. The number of hydrazone groups is 1. The molecule has 8 heteroatoms. The number of hydrogen-bond acceptors (Lipinski definition) is 7. The second-order valence-electron chi connectivity index (χ2n) is 5.81. The molecular formula is C17H17BN4O2S. The fourth-order valence-electron chi connectivity index (χ4n) is 2.89. The lowest BCUT2D eigenvalue weighted by molar-refractivity contribution is 0.275. The predicted molar refractivity (Wildman–Crippen MR) is 102 cm³/mol. The van der Waals surface area contributed by atoms with Gasteiger partial charge in [-0.25, -0.2) is 15.0 Å². The van der Waals surface area contributed by atoms with Gasteiger partial charge >= 0.3 is 7.12 Å². The van der Waals surface area contributed by atoms with Crippen LogP contribution in [0.2, 0.25) is 0 Å². The van der Waals surface area contributed by atoms with Crippen molar-refractivity contribution in [3.8, 4) is 0 Å². The molecule has 0 amide bonds. The van der Waals surface area contributed by atoms with Crippen LogP contribution in [0, 0.1) is 6.92 Å². The summed E-state index contributed by atoms with van der Waals surface area (Å²) in [6.07, 6.45) is 1.81.